The van der Waals surface area contributed by atoms with Gasteiger partial charge in [-0.25, -0.2) is 0 Å². The molecule has 2 atom stereocenters. The summed E-state index contributed by atoms with van der Waals surface area (Å²) < 4.78 is 5.34. The Balaban J connectivity index is 2.23. The molecule has 0 spiro atoms. The van der Waals surface area contributed by atoms with E-state index in [2.05, 4.69) is 17.2 Å². The number of rotatable bonds is 3. The summed E-state index contributed by atoms with van der Waals surface area (Å²) in [5.74, 6) is 6.03. The van der Waals surface area contributed by atoms with Gasteiger partial charge in [0.15, 0.2) is 0 Å². The van der Waals surface area contributed by atoms with Crippen molar-refractivity contribution in [3.8, 4) is 11.8 Å². The number of amides is 1. The van der Waals surface area contributed by atoms with Crippen molar-refractivity contribution < 1.29 is 9.53 Å². The number of ether oxygens (including phenoxy) is 1. The van der Waals surface area contributed by atoms with Crippen LogP contribution in [0.4, 0.5) is 0 Å². The van der Waals surface area contributed by atoms with Gasteiger partial charge >= 0.3 is 0 Å². The molecule has 0 aromatic rings. The third-order valence-electron chi connectivity index (χ3n) is 2.37. The Labute approximate surface area is 85.2 Å². The minimum Gasteiger partial charge on any atom is -0.368 e. The Morgan fingerprint density at radius 3 is 3.00 bits per heavy atom. The molecule has 0 radical (unpaired) electrons. The quantitative estimate of drug-likeness (QED) is 0.537. The second-order valence-electron chi connectivity index (χ2n) is 3.53. The Kier molecular flexibility index (Phi) is 4.48. The van der Waals surface area contributed by atoms with Gasteiger partial charge < -0.3 is 10.1 Å². The minimum absolute atomic E-state index is 0.00732. The maximum atomic E-state index is 11.5. The van der Waals surface area contributed by atoms with E-state index in [9.17, 15) is 4.79 Å². The fourth-order valence-corrected chi connectivity index (χ4v) is 1.50. The van der Waals surface area contributed by atoms with Crippen molar-refractivity contribution in [1.82, 2.24) is 5.32 Å². The number of hydrogen-bond donors (Lipinski definition) is 1. The van der Waals surface area contributed by atoms with Crippen molar-refractivity contribution in [3.63, 3.8) is 0 Å². The van der Waals surface area contributed by atoms with Gasteiger partial charge in [0, 0.05) is 19.6 Å². The first-order chi connectivity index (χ1) is 6.75. The lowest BCUT2D eigenvalue weighted by Gasteiger charge is -2.13. The van der Waals surface area contributed by atoms with Crippen LogP contribution in [0.2, 0.25) is 0 Å². The molecule has 3 heteroatoms. The molecule has 1 rings (SSSR count). The normalized spacial score (nSPS) is 25.3. The number of nitrogens with one attached hydrogen (secondary N) is 1. The summed E-state index contributed by atoms with van der Waals surface area (Å²) in [6, 6.07) is 0. The minimum atomic E-state index is -0.246. The monoisotopic (exact) mass is 195 g/mol. The van der Waals surface area contributed by atoms with E-state index in [0.717, 1.165) is 6.42 Å². The number of carbonyl (C=O) groups excluding carboxylic acids is 1. The molecule has 1 amide bonds. The van der Waals surface area contributed by atoms with Crippen molar-refractivity contribution in [2.75, 3.05) is 13.2 Å². The van der Waals surface area contributed by atoms with Crippen molar-refractivity contribution >= 4 is 5.91 Å². The Bertz CT molecular complexity index is 252. The molecule has 0 saturated carbocycles. The van der Waals surface area contributed by atoms with Gasteiger partial charge in [-0.05, 0) is 19.3 Å². The molecular formula is C11H17NO2. The van der Waals surface area contributed by atoms with Gasteiger partial charge in [-0.15, -0.1) is 11.8 Å². The summed E-state index contributed by atoms with van der Waals surface area (Å²) in [7, 11) is 0. The maximum absolute atomic E-state index is 11.5. The van der Waals surface area contributed by atoms with Crippen molar-refractivity contribution in [2.45, 2.75) is 32.8 Å². The van der Waals surface area contributed by atoms with Crippen LogP contribution in [0.5, 0.6) is 0 Å². The predicted molar refractivity (Wildman–Crippen MR) is 54.6 cm³/mol. The third-order valence-corrected chi connectivity index (χ3v) is 2.37. The van der Waals surface area contributed by atoms with E-state index in [1.54, 1.807) is 6.92 Å². The van der Waals surface area contributed by atoms with Crippen molar-refractivity contribution in [2.24, 2.45) is 5.92 Å². The Hall–Kier alpha value is -1.01. The first-order valence-corrected chi connectivity index (χ1v) is 5.04. The summed E-state index contributed by atoms with van der Waals surface area (Å²) in [6.07, 6.45) is 1.44. The van der Waals surface area contributed by atoms with E-state index < -0.39 is 0 Å². The lowest BCUT2D eigenvalue weighted by molar-refractivity contribution is -0.131. The maximum Gasteiger partial charge on any atom is 0.249 e. The van der Waals surface area contributed by atoms with E-state index in [1.165, 1.54) is 0 Å². The lowest BCUT2D eigenvalue weighted by Crippen LogP contribution is -2.37. The molecule has 0 aromatic carbocycles. The fourth-order valence-electron chi connectivity index (χ4n) is 1.50. The summed E-state index contributed by atoms with van der Waals surface area (Å²) in [4.78, 5) is 11.5. The largest absolute Gasteiger partial charge is 0.368 e. The molecule has 1 N–H and O–H groups in total. The molecule has 1 aliphatic heterocycles. The molecule has 0 bridgehead atoms. The van der Waals surface area contributed by atoms with Crippen LogP contribution < -0.4 is 5.32 Å². The SMILES string of the molecule is CC#CCCNC(=O)C1OCCC1C. The van der Waals surface area contributed by atoms with Gasteiger partial charge in [-0.3, -0.25) is 4.79 Å². The predicted octanol–water partition coefficient (Wildman–Crippen LogP) is 0.941. The van der Waals surface area contributed by atoms with Crippen LogP contribution in [0.15, 0.2) is 0 Å². The zero-order valence-corrected chi connectivity index (χ0v) is 8.80. The van der Waals surface area contributed by atoms with Gasteiger partial charge in [0.05, 0.1) is 0 Å². The van der Waals surface area contributed by atoms with E-state index in [1.807, 2.05) is 6.92 Å². The smallest absolute Gasteiger partial charge is 0.249 e. The molecular weight excluding hydrogens is 178 g/mol. The van der Waals surface area contributed by atoms with E-state index in [0.29, 0.717) is 25.5 Å². The summed E-state index contributed by atoms with van der Waals surface area (Å²) in [6.45, 7) is 5.16. The highest BCUT2D eigenvalue weighted by Crippen LogP contribution is 2.19. The third kappa shape index (κ3) is 3.04. The molecule has 3 nitrogen and oxygen atoms in total. The van der Waals surface area contributed by atoms with Crippen molar-refractivity contribution in [1.29, 1.82) is 0 Å². The van der Waals surface area contributed by atoms with Crippen LogP contribution in [0.3, 0.4) is 0 Å². The molecule has 0 aromatic heterocycles. The highest BCUT2D eigenvalue weighted by atomic mass is 16.5. The molecule has 78 valence electrons. The summed E-state index contributed by atoms with van der Waals surface area (Å²) in [5, 5.41) is 2.82. The van der Waals surface area contributed by atoms with Gasteiger partial charge in [-0.1, -0.05) is 6.92 Å². The molecule has 1 aliphatic rings. The standard InChI is InChI=1S/C11H17NO2/c1-3-4-5-7-12-11(13)10-9(2)6-8-14-10/h9-10H,5-8H2,1-2H3,(H,12,13). The van der Waals surface area contributed by atoms with Gasteiger partial charge in [-0.2, -0.15) is 0 Å². The van der Waals surface area contributed by atoms with E-state index in [4.69, 9.17) is 4.74 Å². The van der Waals surface area contributed by atoms with E-state index >= 15 is 0 Å². The Morgan fingerprint density at radius 1 is 1.64 bits per heavy atom. The van der Waals surface area contributed by atoms with Gasteiger partial charge in [0.2, 0.25) is 5.91 Å². The number of hydrogen-bond acceptors (Lipinski definition) is 2. The first kappa shape index (κ1) is 11.1. The highest BCUT2D eigenvalue weighted by Gasteiger charge is 2.30. The summed E-state index contributed by atoms with van der Waals surface area (Å²) >= 11 is 0. The van der Waals surface area contributed by atoms with Crippen LogP contribution in [-0.2, 0) is 9.53 Å². The van der Waals surface area contributed by atoms with Crippen LogP contribution in [-0.4, -0.2) is 25.2 Å². The summed E-state index contributed by atoms with van der Waals surface area (Å²) in [5.41, 5.74) is 0. The first-order valence-electron chi connectivity index (χ1n) is 5.04. The van der Waals surface area contributed by atoms with Crippen LogP contribution in [0, 0.1) is 17.8 Å². The Morgan fingerprint density at radius 2 is 2.43 bits per heavy atom. The lowest BCUT2D eigenvalue weighted by atomic mass is 10.0. The van der Waals surface area contributed by atoms with Gasteiger partial charge in [0.25, 0.3) is 0 Å². The molecule has 1 fully saturated rings. The molecule has 1 saturated heterocycles. The van der Waals surface area contributed by atoms with Crippen molar-refractivity contribution in [3.05, 3.63) is 0 Å². The highest BCUT2D eigenvalue weighted by molar-refractivity contribution is 5.81. The molecule has 14 heavy (non-hydrogen) atoms. The zero-order valence-electron chi connectivity index (χ0n) is 8.80. The van der Waals surface area contributed by atoms with Gasteiger partial charge in [0.1, 0.15) is 6.10 Å². The number of carbonyl (C=O) groups is 1. The molecule has 2 unspecified atom stereocenters. The topological polar surface area (TPSA) is 38.3 Å². The fraction of sp³-hybridized carbons (Fsp3) is 0.727. The average molecular weight is 195 g/mol. The van der Waals surface area contributed by atoms with Crippen LogP contribution >= 0.6 is 0 Å². The van der Waals surface area contributed by atoms with E-state index in [-0.39, 0.29) is 12.0 Å². The second-order valence-corrected chi connectivity index (χ2v) is 3.53. The average Bonchev–Trinajstić information content (AvgIpc) is 2.59. The second kappa shape index (κ2) is 5.66. The van der Waals surface area contributed by atoms with Crippen LogP contribution in [0.1, 0.15) is 26.7 Å². The molecule has 1 heterocycles. The molecule has 0 aliphatic carbocycles. The van der Waals surface area contributed by atoms with Crippen LogP contribution in [0.25, 0.3) is 0 Å². The zero-order chi connectivity index (χ0) is 10.4.